The van der Waals surface area contributed by atoms with Crippen molar-refractivity contribution in [1.82, 2.24) is 5.32 Å². The molecular weight excluding hydrogens is 300 g/mol. The molecule has 0 amide bonds. The first-order valence-corrected chi connectivity index (χ1v) is 8.06. The third kappa shape index (κ3) is 4.03. The van der Waals surface area contributed by atoms with Crippen LogP contribution < -0.4 is 22.5 Å². The van der Waals surface area contributed by atoms with E-state index in [4.69, 9.17) is 31.4 Å². The van der Waals surface area contributed by atoms with Crippen molar-refractivity contribution in [1.29, 1.82) is 0 Å². The largest absolute Gasteiger partial charge is 0.466 e. The van der Waals surface area contributed by atoms with Gasteiger partial charge >= 0.3 is 0 Å². The molecule has 8 nitrogen and oxygen atoms in total. The zero-order valence-corrected chi connectivity index (χ0v) is 14.0. The molecule has 0 unspecified atom stereocenters. The highest BCUT2D eigenvalue weighted by Crippen LogP contribution is 2.28. The standard InChI is InChI=1S/C15H30N4O4/c1-7(16)10-5-4-8(17)15(22-10)23-14-9(18)6-11(21-3)12(19-2)13(14)20/h5,7-9,11-15,19-20H,4,6,16-18H2,1-3H3/t7-,8-,9+,11+,12+,13-,14-,15-/m0/s1. The Morgan fingerprint density at radius 1 is 1.39 bits per heavy atom. The molecule has 0 aromatic heterocycles. The molecule has 1 heterocycles. The second-order valence-corrected chi connectivity index (χ2v) is 6.36. The average molecular weight is 330 g/mol. The van der Waals surface area contributed by atoms with Gasteiger partial charge in [0.05, 0.1) is 30.3 Å². The zero-order chi connectivity index (χ0) is 17.1. The fourth-order valence-electron chi connectivity index (χ4n) is 3.22. The molecule has 0 aromatic rings. The lowest BCUT2D eigenvalue weighted by Gasteiger charge is -2.44. The summed E-state index contributed by atoms with van der Waals surface area (Å²) in [6.07, 6.45) is 0.784. The van der Waals surface area contributed by atoms with Crippen LogP contribution in [0.25, 0.3) is 0 Å². The van der Waals surface area contributed by atoms with Gasteiger partial charge < -0.3 is 41.8 Å². The number of hydrogen-bond donors (Lipinski definition) is 5. The third-order valence-corrected chi connectivity index (χ3v) is 4.60. The maximum absolute atomic E-state index is 10.6. The second-order valence-electron chi connectivity index (χ2n) is 6.36. The van der Waals surface area contributed by atoms with Crippen molar-refractivity contribution in [2.24, 2.45) is 17.2 Å². The Kier molecular flexibility index (Phi) is 6.38. The van der Waals surface area contributed by atoms with Gasteiger partial charge in [0.15, 0.2) is 0 Å². The summed E-state index contributed by atoms with van der Waals surface area (Å²) in [5, 5.41) is 13.7. The molecule has 2 aliphatic rings. The number of ether oxygens (including phenoxy) is 3. The van der Waals surface area contributed by atoms with E-state index < -0.39 is 18.5 Å². The van der Waals surface area contributed by atoms with Crippen LogP contribution in [0.2, 0.25) is 0 Å². The summed E-state index contributed by atoms with van der Waals surface area (Å²) in [6, 6.07) is -1.21. The number of aliphatic hydroxyl groups is 1. The van der Waals surface area contributed by atoms with Crippen molar-refractivity contribution in [3.63, 3.8) is 0 Å². The van der Waals surface area contributed by atoms with Gasteiger partial charge in [-0.15, -0.1) is 0 Å². The Bertz CT molecular complexity index is 420. The number of aliphatic hydroxyl groups excluding tert-OH is 1. The SMILES string of the molecule is CN[C@H]1[C@H](O)[C@@H](O[C@@H]2OC([C@H](C)N)=CC[C@@H]2N)[C@H](N)C[C@H]1OC. The summed E-state index contributed by atoms with van der Waals surface area (Å²) in [5.41, 5.74) is 18.1. The van der Waals surface area contributed by atoms with Crippen molar-refractivity contribution in [2.75, 3.05) is 14.2 Å². The zero-order valence-electron chi connectivity index (χ0n) is 14.0. The van der Waals surface area contributed by atoms with Gasteiger partial charge in [0, 0.05) is 13.2 Å². The highest BCUT2D eigenvalue weighted by atomic mass is 16.7. The molecule has 1 fully saturated rings. The number of nitrogens with two attached hydrogens (primary N) is 3. The van der Waals surface area contributed by atoms with Crippen LogP contribution in [0.4, 0.5) is 0 Å². The molecule has 1 saturated carbocycles. The van der Waals surface area contributed by atoms with E-state index in [2.05, 4.69) is 5.32 Å². The Hall–Kier alpha value is -0.740. The summed E-state index contributed by atoms with van der Waals surface area (Å²) < 4.78 is 17.1. The van der Waals surface area contributed by atoms with Crippen molar-refractivity contribution < 1.29 is 19.3 Å². The molecule has 23 heavy (non-hydrogen) atoms. The third-order valence-electron chi connectivity index (χ3n) is 4.60. The van der Waals surface area contributed by atoms with Crippen LogP contribution in [0.5, 0.6) is 0 Å². The van der Waals surface area contributed by atoms with Gasteiger partial charge in [-0.2, -0.15) is 0 Å². The van der Waals surface area contributed by atoms with E-state index >= 15 is 0 Å². The van der Waals surface area contributed by atoms with Gasteiger partial charge in [-0.1, -0.05) is 0 Å². The van der Waals surface area contributed by atoms with Crippen LogP contribution in [0, 0.1) is 0 Å². The molecule has 8 atom stereocenters. The molecule has 134 valence electrons. The first-order chi connectivity index (χ1) is 10.9. The molecular formula is C15H30N4O4. The number of nitrogens with one attached hydrogen (secondary N) is 1. The Balaban J connectivity index is 2.07. The minimum Gasteiger partial charge on any atom is -0.466 e. The van der Waals surface area contributed by atoms with Crippen LogP contribution in [0.3, 0.4) is 0 Å². The molecule has 1 aliphatic carbocycles. The number of likely N-dealkylation sites (N-methyl/N-ethyl adjacent to an activating group) is 1. The maximum atomic E-state index is 10.6. The van der Waals surface area contributed by atoms with E-state index in [0.717, 1.165) is 0 Å². The summed E-state index contributed by atoms with van der Waals surface area (Å²) in [6.45, 7) is 1.83. The van der Waals surface area contributed by atoms with E-state index in [1.165, 1.54) is 0 Å². The van der Waals surface area contributed by atoms with Crippen molar-refractivity contribution >= 4 is 0 Å². The van der Waals surface area contributed by atoms with Crippen LogP contribution >= 0.6 is 0 Å². The van der Waals surface area contributed by atoms with Crippen LogP contribution in [0.1, 0.15) is 19.8 Å². The lowest BCUT2D eigenvalue weighted by molar-refractivity contribution is -0.214. The van der Waals surface area contributed by atoms with Gasteiger partial charge in [0.1, 0.15) is 11.9 Å². The normalized spacial score (nSPS) is 42.7. The smallest absolute Gasteiger partial charge is 0.215 e. The predicted molar refractivity (Wildman–Crippen MR) is 86.3 cm³/mol. The quantitative estimate of drug-likeness (QED) is 0.405. The number of rotatable bonds is 5. The minimum absolute atomic E-state index is 0.176. The van der Waals surface area contributed by atoms with Crippen LogP contribution in [0.15, 0.2) is 11.8 Å². The number of hydrogen-bond acceptors (Lipinski definition) is 8. The molecule has 8 N–H and O–H groups in total. The highest BCUT2D eigenvalue weighted by Gasteiger charge is 2.45. The summed E-state index contributed by atoms with van der Waals surface area (Å²) in [7, 11) is 3.38. The van der Waals surface area contributed by atoms with E-state index in [1.807, 2.05) is 13.0 Å². The van der Waals surface area contributed by atoms with Crippen LogP contribution in [-0.4, -0.2) is 68.0 Å². The van der Waals surface area contributed by atoms with Crippen molar-refractivity contribution in [2.45, 2.75) is 68.5 Å². The highest BCUT2D eigenvalue weighted by molar-refractivity contribution is 5.07. The van der Waals surface area contributed by atoms with Gasteiger partial charge in [-0.3, -0.25) is 0 Å². The molecule has 0 aromatic carbocycles. The topological polar surface area (TPSA) is 138 Å². The van der Waals surface area contributed by atoms with E-state index in [0.29, 0.717) is 18.6 Å². The fourth-order valence-corrected chi connectivity index (χ4v) is 3.22. The molecule has 0 saturated heterocycles. The van der Waals surface area contributed by atoms with Gasteiger partial charge in [0.25, 0.3) is 0 Å². The first kappa shape index (κ1) is 18.6. The maximum Gasteiger partial charge on any atom is 0.215 e. The summed E-state index contributed by atoms with van der Waals surface area (Å²) in [4.78, 5) is 0. The second kappa shape index (κ2) is 7.89. The fraction of sp³-hybridized carbons (Fsp3) is 0.867. The molecule has 0 spiro atoms. The monoisotopic (exact) mass is 330 g/mol. The van der Waals surface area contributed by atoms with E-state index in [1.54, 1.807) is 14.2 Å². The molecule has 0 radical (unpaired) electrons. The molecule has 8 heteroatoms. The van der Waals surface area contributed by atoms with Crippen molar-refractivity contribution in [3.8, 4) is 0 Å². The molecule has 1 aliphatic heterocycles. The van der Waals surface area contributed by atoms with E-state index in [-0.39, 0.29) is 30.3 Å². The summed E-state index contributed by atoms with van der Waals surface area (Å²) >= 11 is 0. The van der Waals surface area contributed by atoms with Crippen LogP contribution in [-0.2, 0) is 14.2 Å². The van der Waals surface area contributed by atoms with Crippen molar-refractivity contribution in [3.05, 3.63) is 11.8 Å². The number of methoxy groups -OCH3 is 1. The lowest BCUT2D eigenvalue weighted by Crippen LogP contribution is -2.65. The lowest BCUT2D eigenvalue weighted by atomic mass is 9.84. The Labute approximate surface area is 137 Å². The van der Waals surface area contributed by atoms with Gasteiger partial charge in [-0.25, -0.2) is 0 Å². The van der Waals surface area contributed by atoms with Gasteiger partial charge in [-0.05, 0) is 32.9 Å². The predicted octanol–water partition coefficient (Wildman–Crippen LogP) is -1.63. The van der Waals surface area contributed by atoms with E-state index in [9.17, 15) is 5.11 Å². The average Bonchev–Trinajstić information content (AvgIpc) is 2.52. The minimum atomic E-state index is -0.825. The molecule has 0 bridgehead atoms. The first-order valence-electron chi connectivity index (χ1n) is 8.06. The summed E-state index contributed by atoms with van der Waals surface area (Å²) in [5.74, 6) is 0.649. The molecule has 2 rings (SSSR count). The Morgan fingerprint density at radius 2 is 2.09 bits per heavy atom. The van der Waals surface area contributed by atoms with Gasteiger partial charge in [0.2, 0.25) is 6.29 Å². The Morgan fingerprint density at radius 3 is 2.65 bits per heavy atom.